The monoisotopic (exact) mass is 386 g/mol. The molecule has 0 saturated heterocycles. The van der Waals surface area contributed by atoms with Crippen LogP contribution in [0.25, 0.3) is 0 Å². The number of ether oxygens (including phenoxy) is 4. The van der Waals surface area contributed by atoms with E-state index in [4.69, 9.17) is 31.2 Å². The average molecular weight is 386 g/mol. The highest BCUT2D eigenvalue weighted by Crippen LogP contribution is 2.34. The van der Waals surface area contributed by atoms with E-state index in [-0.39, 0.29) is 6.79 Å². The van der Waals surface area contributed by atoms with E-state index in [1.54, 1.807) is 14.2 Å². The van der Waals surface area contributed by atoms with Crippen LogP contribution >= 0.6 is 12.2 Å². The van der Waals surface area contributed by atoms with Crippen molar-refractivity contribution in [3.05, 3.63) is 47.0 Å². The first-order valence-electron chi connectivity index (χ1n) is 8.83. The summed E-state index contributed by atoms with van der Waals surface area (Å²) >= 11 is 5.61. The molecule has 0 bridgehead atoms. The average Bonchev–Trinajstić information content (AvgIpc) is 3.18. The van der Waals surface area contributed by atoms with Gasteiger partial charge in [0, 0.05) is 19.6 Å². The molecular weight excluding hydrogens is 364 g/mol. The zero-order valence-electron chi connectivity index (χ0n) is 15.4. The first kappa shape index (κ1) is 17.7. The maximum Gasteiger partial charge on any atom is 0.231 e. The smallest absolute Gasteiger partial charge is 0.231 e. The van der Waals surface area contributed by atoms with E-state index in [0.29, 0.717) is 6.54 Å². The molecule has 0 amide bonds. The molecule has 0 radical (unpaired) electrons. The zero-order chi connectivity index (χ0) is 18.8. The molecule has 0 fully saturated rings. The molecule has 142 valence electrons. The van der Waals surface area contributed by atoms with Crippen molar-refractivity contribution in [2.75, 3.05) is 27.6 Å². The van der Waals surface area contributed by atoms with Crippen LogP contribution in [0.3, 0.4) is 0 Å². The summed E-state index contributed by atoms with van der Waals surface area (Å²) in [6.07, 6.45) is 0.918. The third-order valence-electron chi connectivity index (χ3n) is 4.89. The summed E-state index contributed by atoms with van der Waals surface area (Å²) in [5.74, 6) is 3.09. The molecule has 1 N–H and O–H groups in total. The fraction of sp³-hybridized carbons (Fsp3) is 0.350. The lowest BCUT2D eigenvalue weighted by molar-refractivity contribution is 0.174. The molecule has 7 heteroatoms. The van der Waals surface area contributed by atoms with Gasteiger partial charge < -0.3 is 29.2 Å². The Bertz CT molecular complexity index is 871. The van der Waals surface area contributed by atoms with Gasteiger partial charge in [0.15, 0.2) is 28.1 Å². The molecule has 0 aromatic heterocycles. The minimum absolute atomic E-state index is 0.284. The second-order valence-corrected chi connectivity index (χ2v) is 6.88. The summed E-state index contributed by atoms with van der Waals surface area (Å²) in [6.45, 7) is 2.55. The van der Waals surface area contributed by atoms with Crippen LogP contribution in [0.15, 0.2) is 30.3 Å². The quantitative estimate of drug-likeness (QED) is 0.811. The molecular formula is C20H22N2O4S. The normalized spacial score (nSPS) is 14.5. The number of nitrogens with zero attached hydrogens (tertiary/aromatic N) is 1. The fourth-order valence-corrected chi connectivity index (χ4v) is 3.62. The minimum atomic E-state index is 0.284. The topological polar surface area (TPSA) is 52.2 Å². The molecule has 0 unspecified atom stereocenters. The molecule has 2 aromatic carbocycles. The SMILES string of the molecule is COc1cc2c(cc1OC)CN(C(=S)NCc1ccc3c(c1)OCO3)CC2. The van der Waals surface area contributed by atoms with Gasteiger partial charge in [-0.25, -0.2) is 0 Å². The highest BCUT2D eigenvalue weighted by atomic mass is 32.1. The van der Waals surface area contributed by atoms with E-state index in [2.05, 4.69) is 16.3 Å². The molecule has 0 saturated carbocycles. The summed E-state index contributed by atoms with van der Waals surface area (Å²) < 4.78 is 21.6. The minimum Gasteiger partial charge on any atom is -0.493 e. The van der Waals surface area contributed by atoms with Crippen LogP contribution in [0.2, 0.25) is 0 Å². The fourth-order valence-electron chi connectivity index (χ4n) is 3.40. The Kier molecular flexibility index (Phi) is 4.94. The lowest BCUT2D eigenvalue weighted by Gasteiger charge is -2.31. The number of hydrogen-bond donors (Lipinski definition) is 1. The lowest BCUT2D eigenvalue weighted by Crippen LogP contribution is -2.42. The number of benzene rings is 2. The van der Waals surface area contributed by atoms with Gasteiger partial charge in [0.1, 0.15) is 0 Å². The molecule has 0 spiro atoms. The Morgan fingerprint density at radius 1 is 1.07 bits per heavy atom. The zero-order valence-corrected chi connectivity index (χ0v) is 16.2. The summed E-state index contributed by atoms with van der Waals surface area (Å²) in [5, 5.41) is 4.09. The van der Waals surface area contributed by atoms with E-state index in [1.807, 2.05) is 24.3 Å². The maximum atomic E-state index is 5.61. The maximum absolute atomic E-state index is 5.61. The highest BCUT2D eigenvalue weighted by Gasteiger charge is 2.21. The standard InChI is InChI=1S/C20H22N2O4S/c1-23-17-8-14-5-6-22(11-15(14)9-18(17)24-2)20(27)21-10-13-3-4-16-19(7-13)26-12-25-16/h3-4,7-9H,5-6,10-12H2,1-2H3,(H,21,27). The van der Waals surface area contributed by atoms with Crippen molar-refractivity contribution in [2.45, 2.75) is 19.5 Å². The van der Waals surface area contributed by atoms with Crippen molar-refractivity contribution in [1.29, 1.82) is 0 Å². The number of rotatable bonds is 4. The Labute approximate surface area is 164 Å². The Morgan fingerprint density at radius 3 is 2.59 bits per heavy atom. The third-order valence-corrected chi connectivity index (χ3v) is 5.29. The number of fused-ring (bicyclic) bond motifs is 2. The number of nitrogens with one attached hydrogen (secondary N) is 1. The van der Waals surface area contributed by atoms with Crippen LogP contribution in [0.4, 0.5) is 0 Å². The van der Waals surface area contributed by atoms with Crippen LogP contribution in [-0.4, -0.2) is 37.6 Å². The molecule has 0 atom stereocenters. The first-order valence-corrected chi connectivity index (χ1v) is 9.24. The van der Waals surface area contributed by atoms with E-state index in [1.165, 1.54) is 11.1 Å². The molecule has 2 aromatic rings. The molecule has 2 heterocycles. The van der Waals surface area contributed by atoms with Crippen molar-refractivity contribution in [3.8, 4) is 23.0 Å². The highest BCUT2D eigenvalue weighted by molar-refractivity contribution is 7.80. The Hall–Kier alpha value is -2.67. The third kappa shape index (κ3) is 3.60. The van der Waals surface area contributed by atoms with E-state index in [9.17, 15) is 0 Å². The van der Waals surface area contributed by atoms with Crippen molar-refractivity contribution < 1.29 is 18.9 Å². The van der Waals surface area contributed by atoms with E-state index < -0.39 is 0 Å². The van der Waals surface area contributed by atoms with E-state index in [0.717, 1.165) is 53.2 Å². The second kappa shape index (κ2) is 7.52. The van der Waals surface area contributed by atoms with Crippen molar-refractivity contribution in [1.82, 2.24) is 10.2 Å². The summed E-state index contributed by atoms with van der Waals surface area (Å²) in [4.78, 5) is 2.18. The van der Waals surface area contributed by atoms with Crippen LogP contribution in [0, 0.1) is 0 Å². The summed E-state index contributed by atoms with van der Waals surface area (Å²) in [5.41, 5.74) is 3.60. The van der Waals surface area contributed by atoms with Gasteiger partial charge in [-0.1, -0.05) is 6.07 Å². The van der Waals surface area contributed by atoms with Crippen LogP contribution in [0.1, 0.15) is 16.7 Å². The van der Waals surface area contributed by atoms with Crippen LogP contribution in [-0.2, 0) is 19.5 Å². The van der Waals surface area contributed by atoms with Crippen molar-refractivity contribution >= 4 is 17.3 Å². The second-order valence-electron chi connectivity index (χ2n) is 6.49. The van der Waals surface area contributed by atoms with Crippen LogP contribution in [0.5, 0.6) is 23.0 Å². The number of thiocarbonyl (C=S) groups is 1. The van der Waals surface area contributed by atoms with Gasteiger partial charge in [0.2, 0.25) is 6.79 Å². The van der Waals surface area contributed by atoms with Gasteiger partial charge in [-0.2, -0.15) is 0 Å². The molecule has 0 aliphatic carbocycles. The van der Waals surface area contributed by atoms with Gasteiger partial charge in [-0.3, -0.25) is 0 Å². The van der Waals surface area contributed by atoms with Gasteiger partial charge in [-0.15, -0.1) is 0 Å². The Balaban J connectivity index is 1.40. The lowest BCUT2D eigenvalue weighted by atomic mass is 9.99. The molecule has 6 nitrogen and oxygen atoms in total. The van der Waals surface area contributed by atoms with Gasteiger partial charge >= 0.3 is 0 Å². The number of hydrogen-bond acceptors (Lipinski definition) is 5. The summed E-state index contributed by atoms with van der Waals surface area (Å²) in [6, 6.07) is 10.0. The first-order chi connectivity index (χ1) is 13.2. The van der Waals surface area contributed by atoms with Crippen LogP contribution < -0.4 is 24.3 Å². The van der Waals surface area contributed by atoms with Gasteiger partial charge in [0.25, 0.3) is 0 Å². The van der Waals surface area contributed by atoms with Gasteiger partial charge in [-0.05, 0) is 59.6 Å². The Morgan fingerprint density at radius 2 is 1.81 bits per heavy atom. The molecule has 2 aliphatic heterocycles. The molecule has 4 rings (SSSR count). The predicted molar refractivity (Wildman–Crippen MR) is 106 cm³/mol. The van der Waals surface area contributed by atoms with Gasteiger partial charge in [0.05, 0.1) is 14.2 Å². The largest absolute Gasteiger partial charge is 0.493 e. The van der Waals surface area contributed by atoms with E-state index >= 15 is 0 Å². The number of methoxy groups -OCH3 is 2. The van der Waals surface area contributed by atoms with Crippen molar-refractivity contribution in [3.63, 3.8) is 0 Å². The molecule has 27 heavy (non-hydrogen) atoms. The predicted octanol–water partition coefficient (Wildman–Crippen LogP) is 2.87. The van der Waals surface area contributed by atoms with Crippen molar-refractivity contribution in [2.24, 2.45) is 0 Å². The summed E-state index contributed by atoms with van der Waals surface area (Å²) in [7, 11) is 3.32. The molecule has 2 aliphatic rings.